The maximum atomic E-state index is 12.3. The van der Waals surface area contributed by atoms with Crippen LogP contribution in [-0.2, 0) is 10.2 Å². The molecule has 0 unspecified atom stereocenters. The van der Waals surface area contributed by atoms with Crippen LogP contribution in [0.4, 0.5) is 5.13 Å². The molecule has 5 nitrogen and oxygen atoms in total. The third-order valence-corrected chi connectivity index (χ3v) is 5.48. The van der Waals surface area contributed by atoms with E-state index >= 15 is 0 Å². The molecule has 2 rings (SSSR count). The summed E-state index contributed by atoms with van der Waals surface area (Å²) < 4.78 is 0. The second-order valence-corrected chi connectivity index (χ2v) is 8.12. The highest BCUT2D eigenvalue weighted by Gasteiger charge is 2.46. The van der Waals surface area contributed by atoms with E-state index in [1.807, 2.05) is 13.1 Å². The van der Waals surface area contributed by atoms with Crippen LogP contribution in [0.25, 0.3) is 0 Å². The molecule has 0 atom stereocenters. The average Bonchev–Trinajstić information content (AvgIpc) is 2.68. The van der Waals surface area contributed by atoms with Crippen molar-refractivity contribution >= 4 is 34.0 Å². The van der Waals surface area contributed by atoms with E-state index in [1.54, 1.807) is 0 Å². The van der Waals surface area contributed by atoms with Gasteiger partial charge in [0.2, 0.25) is 5.91 Å². The monoisotopic (exact) mass is 326 g/mol. The molecule has 2 N–H and O–H groups in total. The Hall–Kier alpha value is -1.32. The molecule has 0 saturated heterocycles. The van der Waals surface area contributed by atoms with Gasteiger partial charge in [-0.05, 0) is 18.3 Å². The van der Waals surface area contributed by atoms with Crippen molar-refractivity contribution in [2.75, 3.05) is 5.32 Å². The highest BCUT2D eigenvalue weighted by Crippen LogP contribution is 2.42. The van der Waals surface area contributed by atoms with Crippen LogP contribution < -0.4 is 10.6 Å². The maximum absolute atomic E-state index is 12.3. The van der Waals surface area contributed by atoms with Crippen LogP contribution in [0.5, 0.6) is 0 Å². The lowest BCUT2D eigenvalue weighted by molar-refractivity contribution is -0.130. The van der Waals surface area contributed by atoms with E-state index in [2.05, 4.69) is 36.4 Å². The summed E-state index contributed by atoms with van der Waals surface area (Å²) >= 11 is 7.56. The normalized spacial score (nSPS) is 24.9. The Kier molecular flexibility index (Phi) is 4.18. The number of aromatic nitrogens is 1. The molecule has 1 aliphatic rings. The molecule has 1 amide bonds. The SMILES string of the molecule is CC(C)(C)c1sc(NC(=O)[C@]2(C)C[C@H](NC#N)C2)nc1Cl. The summed E-state index contributed by atoms with van der Waals surface area (Å²) in [5.41, 5.74) is -0.547. The smallest absolute Gasteiger partial charge is 0.232 e. The minimum Gasteiger partial charge on any atom is -0.321 e. The summed E-state index contributed by atoms with van der Waals surface area (Å²) in [6.07, 6.45) is 3.21. The van der Waals surface area contributed by atoms with E-state index in [4.69, 9.17) is 16.9 Å². The highest BCUT2D eigenvalue weighted by molar-refractivity contribution is 7.16. The van der Waals surface area contributed by atoms with Gasteiger partial charge in [-0.25, -0.2) is 4.98 Å². The molecule has 1 aromatic rings. The fourth-order valence-electron chi connectivity index (χ4n) is 2.47. The molecule has 7 heteroatoms. The average molecular weight is 327 g/mol. The van der Waals surface area contributed by atoms with Crippen molar-refractivity contribution < 1.29 is 4.79 Å². The van der Waals surface area contributed by atoms with Crippen molar-refractivity contribution in [1.29, 1.82) is 5.26 Å². The number of nitrogens with one attached hydrogen (secondary N) is 2. The van der Waals surface area contributed by atoms with E-state index in [0.29, 0.717) is 23.1 Å². The van der Waals surface area contributed by atoms with Crippen LogP contribution in [0.15, 0.2) is 0 Å². The number of hydrogen-bond donors (Lipinski definition) is 2. The minimum atomic E-state index is -0.450. The molecule has 1 fully saturated rings. The Morgan fingerprint density at radius 3 is 2.62 bits per heavy atom. The number of amides is 1. The van der Waals surface area contributed by atoms with Gasteiger partial charge in [-0.15, -0.1) is 0 Å². The van der Waals surface area contributed by atoms with Crippen molar-refractivity contribution in [3.05, 3.63) is 10.0 Å². The number of anilines is 1. The van der Waals surface area contributed by atoms with Gasteiger partial charge in [-0.2, -0.15) is 5.26 Å². The first-order valence-corrected chi connectivity index (χ1v) is 7.98. The van der Waals surface area contributed by atoms with Gasteiger partial charge in [0.05, 0.1) is 10.3 Å². The van der Waals surface area contributed by atoms with E-state index < -0.39 is 5.41 Å². The molecule has 0 aromatic carbocycles. The lowest BCUT2D eigenvalue weighted by atomic mass is 9.66. The summed E-state index contributed by atoms with van der Waals surface area (Å²) in [6, 6.07) is 0.0933. The minimum absolute atomic E-state index is 0.0654. The van der Waals surface area contributed by atoms with Crippen molar-refractivity contribution in [3.63, 3.8) is 0 Å². The number of halogens is 1. The van der Waals surface area contributed by atoms with Gasteiger partial charge in [0.1, 0.15) is 5.15 Å². The summed E-state index contributed by atoms with van der Waals surface area (Å²) in [5, 5.41) is 15.1. The third kappa shape index (κ3) is 3.30. The van der Waals surface area contributed by atoms with Gasteiger partial charge in [0.25, 0.3) is 0 Å². The van der Waals surface area contributed by atoms with Crippen molar-refractivity contribution in [2.45, 2.75) is 52.0 Å². The van der Waals surface area contributed by atoms with Crippen molar-refractivity contribution in [2.24, 2.45) is 5.41 Å². The van der Waals surface area contributed by atoms with Crippen LogP contribution >= 0.6 is 22.9 Å². The van der Waals surface area contributed by atoms with Gasteiger partial charge in [-0.3, -0.25) is 4.79 Å². The van der Waals surface area contributed by atoms with E-state index in [1.165, 1.54) is 11.3 Å². The molecule has 1 saturated carbocycles. The van der Waals surface area contributed by atoms with Crippen LogP contribution in [-0.4, -0.2) is 16.9 Å². The molecule has 0 bridgehead atoms. The number of thiazole rings is 1. The van der Waals surface area contributed by atoms with Crippen molar-refractivity contribution in [3.8, 4) is 6.19 Å². The predicted molar refractivity (Wildman–Crippen MR) is 84.3 cm³/mol. The Labute approximate surface area is 133 Å². The Bertz CT molecular complexity index is 593. The summed E-state index contributed by atoms with van der Waals surface area (Å²) in [7, 11) is 0. The van der Waals surface area contributed by atoms with E-state index in [9.17, 15) is 4.79 Å². The van der Waals surface area contributed by atoms with Gasteiger partial charge in [0.15, 0.2) is 11.3 Å². The fourth-order valence-corrected chi connectivity index (χ4v) is 3.92. The zero-order valence-electron chi connectivity index (χ0n) is 12.6. The third-order valence-electron chi connectivity index (χ3n) is 3.70. The quantitative estimate of drug-likeness (QED) is 0.660. The molecule has 1 heterocycles. The van der Waals surface area contributed by atoms with Crippen LogP contribution in [0.3, 0.4) is 0 Å². The summed E-state index contributed by atoms with van der Waals surface area (Å²) in [5.74, 6) is -0.0654. The number of nitrogens with zero attached hydrogens (tertiary/aromatic N) is 2. The van der Waals surface area contributed by atoms with Crippen LogP contribution in [0, 0.1) is 16.9 Å². The first-order valence-electron chi connectivity index (χ1n) is 6.78. The van der Waals surface area contributed by atoms with Gasteiger partial charge in [0, 0.05) is 6.04 Å². The lowest BCUT2D eigenvalue weighted by Gasteiger charge is -2.42. The number of nitriles is 1. The van der Waals surface area contributed by atoms with Crippen LogP contribution in [0.1, 0.15) is 45.4 Å². The second-order valence-electron chi connectivity index (χ2n) is 6.77. The first-order chi connectivity index (χ1) is 9.65. The molecule has 21 heavy (non-hydrogen) atoms. The molecule has 1 aromatic heterocycles. The Morgan fingerprint density at radius 1 is 1.52 bits per heavy atom. The summed E-state index contributed by atoms with van der Waals surface area (Å²) in [4.78, 5) is 17.5. The largest absolute Gasteiger partial charge is 0.321 e. The number of hydrogen-bond acceptors (Lipinski definition) is 5. The summed E-state index contributed by atoms with van der Waals surface area (Å²) in [6.45, 7) is 8.08. The van der Waals surface area contributed by atoms with E-state index in [-0.39, 0.29) is 17.4 Å². The predicted octanol–water partition coefficient (Wildman–Crippen LogP) is 3.27. The van der Waals surface area contributed by atoms with E-state index in [0.717, 1.165) is 4.88 Å². The molecule has 114 valence electrons. The van der Waals surface area contributed by atoms with Gasteiger partial charge in [-0.1, -0.05) is 50.6 Å². The second kappa shape index (κ2) is 5.47. The molecule has 0 spiro atoms. The topological polar surface area (TPSA) is 77.8 Å². The first kappa shape index (κ1) is 16.1. The molecule has 1 aliphatic carbocycles. The van der Waals surface area contributed by atoms with Gasteiger partial charge >= 0.3 is 0 Å². The zero-order valence-corrected chi connectivity index (χ0v) is 14.2. The number of carbonyl (C=O) groups excluding carboxylic acids is 1. The zero-order chi connectivity index (χ0) is 15.8. The number of carbonyl (C=O) groups is 1. The molecular weight excluding hydrogens is 308 g/mol. The van der Waals surface area contributed by atoms with Crippen LogP contribution in [0.2, 0.25) is 5.15 Å². The van der Waals surface area contributed by atoms with Gasteiger partial charge < -0.3 is 10.6 Å². The Balaban J connectivity index is 2.03. The molecule has 0 aliphatic heterocycles. The standard InChI is InChI=1S/C14H19ClN4OS/c1-13(2,3)9-10(15)18-12(21-9)19-11(20)14(4)5-8(6-14)17-7-16/h8,17H,5-6H2,1-4H3,(H,18,19,20)/t8-,14+. The molecular formula is C14H19ClN4OS. The number of rotatable bonds is 3. The lowest BCUT2D eigenvalue weighted by Crippen LogP contribution is -2.52. The fraction of sp³-hybridized carbons (Fsp3) is 0.643. The molecule has 0 radical (unpaired) electrons. The Morgan fingerprint density at radius 2 is 2.14 bits per heavy atom. The maximum Gasteiger partial charge on any atom is 0.232 e. The van der Waals surface area contributed by atoms with Crippen molar-refractivity contribution in [1.82, 2.24) is 10.3 Å². The highest BCUT2D eigenvalue weighted by atomic mass is 35.5.